The molecule has 0 aromatic heterocycles. The SMILES string of the molecule is CC(C)CC(OP(=O)(O)CCCCc1ccccc1)C(=O)[N@+]1(C(=O)OCc2ccccc2)CCCC1C. The van der Waals surface area contributed by atoms with E-state index in [0.29, 0.717) is 25.8 Å². The molecule has 1 saturated heterocycles. The number of amides is 2. The fourth-order valence-electron chi connectivity index (χ4n) is 5.01. The lowest BCUT2D eigenvalue weighted by Gasteiger charge is -2.35. The zero-order chi connectivity index (χ0) is 26.9. The molecule has 1 aliphatic rings. The lowest BCUT2D eigenvalue weighted by molar-refractivity contribution is -0.795. The number of hydrogen-bond donors (Lipinski definition) is 1. The van der Waals surface area contributed by atoms with Crippen LogP contribution in [0.15, 0.2) is 60.7 Å². The first-order chi connectivity index (χ1) is 17.6. The van der Waals surface area contributed by atoms with Gasteiger partial charge in [0.05, 0.1) is 12.7 Å². The molecule has 0 aliphatic carbocycles. The van der Waals surface area contributed by atoms with Crippen molar-refractivity contribution in [3.63, 3.8) is 0 Å². The number of rotatable bonds is 12. The molecule has 0 radical (unpaired) electrons. The number of aryl methyl sites for hydroxylation is 1. The van der Waals surface area contributed by atoms with Crippen molar-refractivity contribution < 1.29 is 32.8 Å². The minimum Gasteiger partial charge on any atom is -0.415 e. The van der Waals surface area contributed by atoms with Crippen molar-refractivity contribution in [3.8, 4) is 0 Å². The summed E-state index contributed by atoms with van der Waals surface area (Å²) in [6, 6.07) is 19.0. The van der Waals surface area contributed by atoms with Crippen LogP contribution in [-0.4, -0.2) is 46.2 Å². The molecule has 2 aromatic carbocycles. The Labute approximate surface area is 220 Å². The van der Waals surface area contributed by atoms with Crippen molar-refractivity contribution in [3.05, 3.63) is 71.8 Å². The van der Waals surface area contributed by atoms with Gasteiger partial charge in [-0.05, 0) is 49.7 Å². The molecule has 202 valence electrons. The van der Waals surface area contributed by atoms with E-state index in [0.717, 1.165) is 18.4 Å². The first-order valence-corrected chi connectivity index (χ1v) is 15.1. The van der Waals surface area contributed by atoms with Crippen molar-refractivity contribution >= 4 is 19.6 Å². The molecular weight excluding hydrogens is 489 g/mol. The molecule has 4 atom stereocenters. The standard InChI is InChI=1S/C29H40NO6P/c1-23(2)21-27(36-37(33,34)20-11-10-16-25-14-6-4-7-15-25)28(31)30(19-12-13-24(30)3)29(32)35-22-26-17-8-5-9-18-26/h4-9,14-15,17-18,23-24,27H,10-13,16,19-22H2,1-3H3/p+1/t24?,27?,30-/m0/s1. The normalized spacial score (nSPS) is 21.9. The van der Waals surface area contributed by atoms with Crippen LogP contribution in [0, 0.1) is 5.92 Å². The Hall–Kier alpha value is -2.31. The van der Waals surface area contributed by atoms with E-state index in [-0.39, 0.29) is 31.1 Å². The second kappa shape index (κ2) is 13.5. The summed E-state index contributed by atoms with van der Waals surface area (Å²) in [5, 5.41) is 0. The number of nitrogens with zero attached hydrogens (tertiary/aromatic N) is 1. The van der Waals surface area contributed by atoms with Crippen LogP contribution in [0.5, 0.6) is 0 Å². The summed E-state index contributed by atoms with van der Waals surface area (Å²) in [5.74, 6) is -0.444. The van der Waals surface area contributed by atoms with Gasteiger partial charge in [-0.25, -0.2) is 4.79 Å². The molecular formula is C29H41NO6P+. The lowest BCUT2D eigenvalue weighted by atomic mass is 10.0. The monoisotopic (exact) mass is 530 g/mol. The molecule has 3 unspecified atom stereocenters. The number of carbonyl (C=O) groups excluding carboxylic acids is 2. The van der Waals surface area contributed by atoms with Crippen molar-refractivity contribution in [2.24, 2.45) is 5.92 Å². The van der Waals surface area contributed by atoms with Crippen LogP contribution < -0.4 is 0 Å². The third-order valence-electron chi connectivity index (χ3n) is 7.06. The number of quaternary nitrogens is 1. The van der Waals surface area contributed by atoms with Crippen molar-refractivity contribution in [1.29, 1.82) is 0 Å². The summed E-state index contributed by atoms with van der Waals surface area (Å²) in [6.07, 6.45) is 1.88. The highest BCUT2D eigenvalue weighted by molar-refractivity contribution is 7.52. The Morgan fingerprint density at radius 2 is 1.65 bits per heavy atom. The first-order valence-electron chi connectivity index (χ1n) is 13.3. The number of likely N-dealkylation sites (tertiary alicyclic amines) is 1. The van der Waals surface area contributed by atoms with Gasteiger partial charge in [0.1, 0.15) is 12.6 Å². The number of imide groups is 1. The molecule has 2 amide bonds. The van der Waals surface area contributed by atoms with E-state index in [1.165, 1.54) is 5.56 Å². The lowest BCUT2D eigenvalue weighted by Crippen LogP contribution is -2.62. The molecule has 1 fully saturated rings. The van der Waals surface area contributed by atoms with E-state index in [4.69, 9.17) is 9.26 Å². The van der Waals surface area contributed by atoms with E-state index in [2.05, 4.69) is 0 Å². The Bertz CT molecular complexity index is 1060. The Kier molecular flexibility index (Phi) is 10.7. The molecule has 1 heterocycles. The number of unbranched alkanes of at least 4 members (excludes halogenated alkanes) is 1. The smallest absolute Gasteiger partial charge is 0.415 e. The highest BCUT2D eigenvalue weighted by Gasteiger charge is 2.57. The minimum absolute atomic E-state index is 0.0320. The third-order valence-corrected chi connectivity index (χ3v) is 8.53. The van der Waals surface area contributed by atoms with Crippen LogP contribution in [0.4, 0.5) is 4.79 Å². The van der Waals surface area contributed by atoms with Gasteiger partial charge in [-0.15, -0.1) is 0 Å². The molecule has 0 spiro atoms. The van der Waals surface area contributed by atoms with Crippen LogP contribution in [0.25, 0.3) is 0 Å². The van der Waals surface area contributed by atoms with Crippen LogP contribution in [0.1, 0.15) is 64.0 Å². The maximum Gasteiger partial charge on any atom is 0.524 e. The molecule has 8 heteroatoms. The van der Waals surface area contributed by atoms with Gasteiger partial charge in [-0.3, -0.25) is 9.09 Å². The van der Waals surface area contributed by atoms with Crippen LogP contribution in [0.2, 0.25) is 0 Å². The van der Waals surface area contributed by atoms with E-state index >= 15 is 0 Å². The zero-order valence-electron chi connectivity index (χ0n) is 22.3. The fourth-order valence-corrected chi connectivity index (χ4v) is 6.31. The summed E-state index contributed by atoms with van der Waals surface area (Å²) >= 11 is 0. The average Bonchev–Trinajstić information content (AvgIpc) is 3.27. The van der Waals surface area contributed by atoms with E-state index in [1.807, 2.05) is 81.4 Å². The molecule has 3 rings (SSSR count). The molecule has 0 bridgehead atoms. The molecule has 1 N–H and O–H groups in total. The van der Waals surface area contributed by atoms with Crippen LogP contribution in [0.3, 0.4) is 0 Å². The second-order valence-electron chi connectivity index (χ2n) is 10.5. The Morgan fingerprint density at radius 3 is 2.22 bits per heavy atom. The van der Waals surface area contributed by atoms with Gasteiger partial charge in [0.15, 0.2) is 6.10 Å². The summed E-state index contributed by atoms with van der Waals surface area (Å²) in [4.78, 5) is 38.1. The maximum atomic E-state index is 14.0. The summed E-state index contributed by atoms with van der Waals surface area (Å²) in [5.41, 5.74) is 2.01. The predicted octanol–water partition coefficient (Wildman–Crippen LogP) is 6.49. The first kappa shape index (κ1) is 29.2. The summed E-state index contributed by atoms with van der Waals surface area (Å²) in [6.45, 7) is 6.09. The average molecular weight is 531 g/mol. The van der Waals surface area contributed by atoms with Gasteiger partial charge in [-0.2, -0.15) is 9.28 Å². The highest BCUT2D eigenvalue weighted by Crippen LogP contribution is 2.46. The zero-order valence-corrected chi connectivity index (χ0v) is 23.1. The van der Waals surface area contributed by atoms with Gasteiger partial charge in [0.2, 0.25) is 0 Å². The van der Waals surface area contributed by atoms with Crippen molar-refractivity contribution in [1.82, 2.24) is 0 Å². The minimum atomic E-state index is -4.05. The van der Waals surface area contributed by atoms with Gasteiger partial charge in [0, 0.05) is 12.8 Å². The van der Waals surface area contributed by atoms with Crippen molar-refractivity contribution in [2.75, 3.05) is 12.7 Å². The van der Waals surface area contributed by atoms with Crippen LogP contribution >= 0.6 is 7.60 Å². The summed E-state index contributed by atoms with van der Waals surface area (Å²) < 4.78 is 23.9. The molecule has 1 aliphatic heterocycles. The van der Waals surface area contributed by atoms with Gasteiger partial charge < -0.3 is 9.63 Å². The van der Waals surface area contributed by atoms with Gasteiger partial charge in [0.25, 0.3) is 0 Å². The van der Waals surface area contributed by atoms with E-state index in [9.17, 15) is 19.0 Å². The van der Waals surface area contributed by atoms with Crippen molar-refractivity contribution in [2.45, 2.75) is 78.0 Å². The number of ether oxygens (including phenoxy) is 1. The Morgan fingerprint density at radius 1 is 1.03 bits per heavy atom. The largest absolute Gasteiger partial charge is 0.524 e. The third kappa shape index (κ3) is 8.08. The van der Waals surface area contributed by atoms with Gasteiger partial charge >= 0.3 is 19.6 Å². The number of hydrogen-bond acceptors (Lipinski definition) is 5. The fraction of sp³-hybridized carbons (Fsp3) is 0.517. The second-order valence-corrected chi connectivity index (χ2v) is 12.4. The Balaban J connectivity index is 1.69. The topological polar surface area (TPSA) is 89.9 Å². The summed E-state index contributed by atoms with van der Waals surface area (Å²) in [7, 11) is -4.05. The molecule has 0 saturated carbocycles. The molecule has 2 aromatic rings. The molecule has 7 nitrogen and oxygen atoms in total. The van der Waals surface area contributed by atoms with E-state index < -0.39 is 30.2 Å². The van der Waals surface area contributed by atoms with E-state index in [1.54, 1.807) is 0 Å². The highest BCUT2D eigenvalue weighted by atomic mass is 31.2. The van der Waals surface area contributed by atoms with Crippen LogP contribution in [-0.2, 0) is 31.6 Å². The predicted molar refractivity (Wildman–Crippen MR) is 144 cm³/mol. The number of benzene rings is 2. The van der Waals surface area contributed by atoms with Gasteiger partial charge in [-0.1, -0.05) is 74.5 Å². The maximum absolute atomic E-state index is 14.0. The molecule has 37 heavy (non-hydrogen) atoms. The number of carbonyl (C=O) groups is 2. The quantitative estimate of drug-likeness (QED) is 0.192.